The Bertz CT molecular complexity index is 512. The van der Waals surface area contributed by atoms with Crippen LogP contribution in [0, 0.1) is 3.77 Å². The highest BCUT2D eigenvalue weighted by molar-refractivity contribution is 14.1. The van der Waals surface area contributed by atoms with Crippen molar-refractivity contribution in [1.29, 1.82) is 0 Å². The molecule has 2 aromatic rings. The molecule has 1 N–H and O–H groups in total. The number of furan rings is 1. The highest BCUT2D eigenvalue weighted by Crippen LogP contribution is 2.17. The summed E-state index contributed by atoms with van der Waals surface area (Å²) in [6, 6.07) is 12.3. The van der Waals surface area contributed by atoms with Gasteiger partial charge in [0.1, 0.15) is 5.76 Å². The summed E-state index contributed by atoms with van der Waals surface area (Å²) >= 11 is 8.31. The molecule has 4 heteroatoms. The molecule has 0 bridgehead atoms. The van der Waals surface area contributed by atoms with Crippen LogP contribution in [0.25, 0.3) is 0 Å². The molecule has 0 saturated carbocycles. The zero-order valence-corrected chi connectivity index (χ0v) is 13.0. The summed E-state index contributed by atoms with van der Waals surface area (Å²) in [6.45, 7) is 2.89. The van der Waals surface area contributed by atoms with Gasteiger partial charge in [-0.2, -0.15) is 0 Å². The van der Waals surface area contributed by atoms with E-state index >= 15 is 0 Å². The minimum absolute atomic E-state index is 0.354. The molecular formula is C14H15ClINO. The van der Waals surface area contributed by atoms with Crippen molar-refractivity contribution in [3.05, 3.63) is 56.5 Å². The number of rotatable bonds is 5. The standard InChI is InChI=1S/C14H15ClINO/c1-10(8-11-4-2-3-5-13(11)15)17-9-12-6-7-14(16)18-12/h2-7,10,17H,8-9H2,1H3. The van der Waals surface area contributed by atoms with E-state index in [1.54, 1.807) is 0 Å². The molecule has 1 heterocycles. The van der Waals surface area contributed by atoms with Gasteiger partial charge in [-0.05, 0) is 59.7 Å². The second-order valence-corrected chi connectivity index (χ2v) is 5.75. The number of nitrogens with one attached hydrogen (secondary N) is 1. The van der Waals surface area contributed by atoms with Crippen LogP contribution >= 0.6 is 34.2 Å². The fourth-order valence-corrected chi connectivity index (χ4v) is 2.46. The summed E-state index contributed by atoms with van der Waals surface area (Å²) in [5.74, 6) is 0.963. The quantitative estimate of drug-likeness (QED) is 0.790. The van der Waals surface area contributed by atoms with Gasteiger partial charge in [0, 0.05) is 11.1 Å². The van der Waals surface area contributed by atoms with Gasteiger partial charge in [-0.15, -0.1) is 0 Å². The summed E-state index contributed by atoms with van der Waals surface area (Å²) in [4.78, 5) is 0. The Labute approximate surface area is 126 Å². The molecule has 0 spiro atoms. The number of benzene rings is 1. The second-order valence-electron chi connectivity index (χ2n) is 4.28. The Morgan fingerprint density at radius 2 is 2.06 bits per heavy atom. The Morgan fingerprint density at radius 1 is 1.28 bits per heavy atom. The molecule has 0 amide bonds. The highest BCUT2D eigenvalue weighted by Gasteiger charge is 2.07. The minimum atomic E-state index is 0.354. The Balaban J connectivity index is 1.85. The molecule has 1 atom stereocenters. The van der Waals surface area contributed by atoms with Gasteiger partial charge in [0.05, 0.1) is 6.54 Å². The monoisotopic (exact) mass is 375 g/mol. The Morgan fingerprint density at radius 3 is 2.72 bits per heavy atom. The number of halogens is 2. The zero-order valence-electron chi connectivity index (χ0n) is 10.1. The lowest BCUT2D eigenvalue weighted by atomic mass is 10.1. The van der Waals surface area contributed by atoms with E-state index in [1.807, 2.05) is 30.3 Å². The average Bonchev–Trinajstić information content (AvgIpc) is 2.76. The van der Waals surface area contributed by atoms with Crippen molar-refractivity contribution in [2.24, 2.45) is 0 Å². The smallest absolute Gasteiger partial charge is 0.164 e. The van der Waals surface area contributed by atoms with Gasteiger partial charge in [-0.3, -0.25) is 0 Å². The number of hydrogen-bond donors (Lipinski definition) is 1. The predicted octanol–water partition coefficient (Wildman–Crippen LogP) is 4.26. The van der Waals surface area contributed by atoms with Crippen LogP contribution in [0.1, 0.15) is 18.2 Å². The first-order valence-electron chi connectivity index (χ1n) is 5.86. The van der Waals surface area contributed by atoms with E-state index in [0.717, 1.165) is 27.5 Å². The van der Waals surface area contributed by atoms with E-state index in [9.17, 15) is 0 Å². The summed E-state index contributed by atoms with van der Waals surface area (Å²) < 4.78 is 6.43. The lowest BCUT2D eigenvalue weighted by Crippen LogP contribution is -2.27. The lowest BCUT2D eigenvalue weighted by molar-refractivity contribution is 0.440. The van der Waals surface area contributed by atoms with Crippen LogP contribution in [0.2, 0.25) is 5.02 Å². The maximum Gasteiger partial charge on any atom is 0.164 e. The van der Waals surface area contributed by atoms with E-state index < -0.39 is 0 Å². The summed E-state index contributed by atoms with van der Waals surface area (Å²) in [6.07, 6.45) is 0.914. The predicted molar refractivity (Wildman–Crippen MR) is 82.9 cm³/mol. The first-order valence-corrected chi connectivity index (χ1v) is 7.32. The van der Waals surface area contributed by atoms with Crippen LogP contribution < -0.4 is 5.32 Å². The van der Waals surface area contributed by atoms with Crippen molar-refractivity contribution < 1.29 is 4.42 Å². The van der Waals surface area contributed by atoms with Gasteiger partial charge in [-0.1, -0.05) is 29.8 Å². The molecule has 1 unspecified atom stereocenters. The van der Waals surface area contributed by atoms with Crippen LogP contribution in [0.5, 0.6) is 0 Å². The fraction of sp³-hybridized carbons (Fsp3) is 0.286. The maximum atomic E-state index is 6.14. The van der Waals surface area contributed by atoms with E-state index in [2.05, 4.69) is 40.9 Å². The first kappa shape index (κ1) is 13.9. The van der Waals surface area contributed by atoms with Crippen molar-refractivity contribution in [3.63, 3.8) is 0 Å². The van der Waals surface area contributed by atoms with Crippen LogP contribution in [0.3, 0.4) is 0 Å². The van der Waals surface area contributed by atoms with E-state index in [1.165, 1.54) is 5.56 Å². The van der Waals surface area contributed by atoms with Gasteiger partial charge in [0.25, 0.3) is 0 Å². The normalized spacial score (nSPS) is 12.6. The third-order valence-electron chi connectivity index (χ3n) is 2.74. The minimum Gasteiger partial charge on any atom is -0.454 e. The SMILES string of the molecule is CC(Cc1ccccc1Cl)NCc1ccc(I)o1. The molecular weight excluding hydrogens is 361 g/mol. The van der Waals surface area contributed by atoms with Crippen molar-refractivity contribution in [3.8, 4) is 0 Å². The van der Waals surface area contributed by atoms with E-state index in [0.29, 0.717) is 6.04 Å². The molecule has 0 aliphatic heterocycles. The van der Waals surface area contributed by atoms with Gasteiger partial charge < -0.3 is 9.73 Å². The van der Waals surface area contributed by atoms with Gasteiger partial charge in [0.2, 0.25) is 0 Å². The maximum absolute atomic E-state index is 6.14. The van der Waals surface area contributed by atoms with Gasteiger partial charge in [0.15, 0.2) is 3.77 Å². The summed E-state index contributed by atoms with van der Waals surface area (Å²) in [7, 11) is 0. The first-order chi connectivity index (χ1) is 8.65. The zero-order chi connectivity index (χ0) is 13.0. The van der Waals surface area contributed by atoms with Crippen molar-refractivity contribution >= 4 is 34.2 Å². The molecule has 96 valence electrons. The molecule has 0 saturated heterocycles. The van der Waals surface area contributed by atoms with Gasteiger partial charge >= 0.3 is 0 Å². The summed E-state index contributed by atoms with van der Waals surface area (Å²) in [5, 5.41) is 4.26. The van der Waals surface area contributed by atoms with Crippen LogP contribution in [-0.4, -0.2) is 6.04 Å². The molecule has 2 rings (SSSR count). The second kappa shape index (κ2) is 6.59. The van der Waals surface area contributed by atoms with Gasteiger partial charge in [-0.25, -0.2) is 0 Å². The Kier molecular flexibility index (Phi) is 5.09. The van der Waals surface area contributed by atoms with E-state index in [4.69, 9.17) is 16.0 Å². The fourth-order valence-electron chi connectivity index (χ4n) is 1.79. The molecule has 0 radical (unpaired) electrons. The molecule has 2 nitrogen and oxygen atoms in total. The average molecular weight is 376 g/mol. The van der Waals surface area contributed by atoms with E-state index in [-0.39, 0.29) is 0 Å². The van der Waals surface area contributed by atoms with Crippen LogP contribution in [-0.2, 0) is 13.0 Å². The third kappa shape index (κ3) is 4.00. The van der Waals surface area contributed by atoms with Crippen LogP contribution in [0.4, 0.5) is 0 Å². The molecule has 1 aromatic carbocycles. The summed E-state index contributed by atoms with van der Waals surface area (Å²) in [5.41, 5.74) is 1.17. The van der Waals surface area contributed by atoms with Crippen molar-refractivity contribution in [2.45, 2.75) is 25.9 Å². The molecule has 0 fully saturated rings. The lowest BCUT2D eigenvalue weighted by Gasteiger charge is -2.13. The molecule has 1 aromatic heterocycles. The van der Waals surface area contributed by atoms with Crippen LogP contribution in [0.15, 0.2) is 40.8 Å². The van der Waals surface area contributed by atoms with Crippen molar-refractivity contribution in [2.75, 3.05) is 0 Å². The molecule has 0 aliphatic carbocycles. The molecule has 18 heavy (non-hydrogen) atoms. The largest absolute Gasteiger partial charge is 0.454 e. The third-order valence-corrected chi connectivity index (χ3v) is 3.69. The topological polar surface area (TPSA) is 25.2 Å². The Hall–Kier alpha value is -0.520. The molecule has 0 aliphatic rings. The number of hydrogen-bond acceptors (Lipinski definition) is 2. The highest BCUT2D eigenvalue weighted by atomic mass is 127. The van der Waals surface area contributed by atoms with Crippen molar-refractivity contribution in [1.82, 2.24) is 5.32 Å².